The first-order chi connectivity index (χ1) is 11.6. The van der Waals surface area contributed by atoms with Crippen molar-refractivity contribution in [1.82, 2.24) is 20.0 Å². The lowest BCUT2D eigenvalue weighted by molar-refractivity contribution is -0.126. The van der Waals surface area contributed by atoms with Crippen molar-refractivity contribution in [2.45, 2.75) is 20.8 Å². The molecule has 1 amide bonds. The molecule has 2 rings (SSSR count). The average Bonchev–Trinajstić information content (AvgIpc) is 2.87. The Bertz CT molecular complexity index is 660. The predicted molar refractivity (Wildman–Crippen MR) is 94.7 cm³/mol. The summed E-state index contributed by atoms with van der Waals surface area (Å²) in [6.07, 6.45) is 6.49. The van der Waals surface area contributed by atoms with Crippen LogP contribution in [0.3, 0.4) is 0 Å². The molecule has 0 aliphatic carbocycles. The Morgan fingerprint density at radius 3 is 2.88 bits per heavy atom. The minimum Gasteiger partial charge on any atom is -0.493 e. The van der Waals surface area contributed by atoms with E-state index in [1.54, 1.807) is 19.1 Å². The lowest BCUT2D eigenvalue weighted by Crippen LogP contribution is -2.36. The maximum absolute atomic E-state index is 12.7. The van der Waals surface area contributed by atoms with Crippen LogP contribution in [0.25, 0.3) is 5.82 Å². The monoisotopic (exact) mass is 331 g/mol. The molecule has 1 aliphatic rings. The number of hydrogen-bond donors (Lipinski definition) is 2. The highest BCUT2D eigenvalue weighted by Gasteiger charge is 2.21. The second kappa shape index (κ2) is 8.44. The molecule has 0 saturated carbocycles. The molecule has 1 unspecified atom stereocenters. The molecule has 7 nitrogen and oxygen atoms in total. The van der Waals surface area contributed by atoms with Gasteiger partial charge in [0.15, 0.2) is 5.82 Å². The van der Waals surface area contributed by atoms with Crippen LogP contribution in [0.15, 0.2) is 35.0 Å². The quantitative estimate of drug-likeness (QED) is 0.647. The highest BCUT2D eigenvalue weighted by atomic mass is 16.3. The van der Waals surface area contributed by atoms with E-state index in [4.69, 9.17) is 0 Å². The van der Waals surface area contributed by atoms with Crippen LogP contribution in [0, 0.1) is 5.92 Å². The van der Waals surface area contributed by atoms with E-state index in [1.165, 1.54) is 23.2 Å². The molecule has 0 aromatic carbocycles. The van der Waals surface area contributed by atoms with Gasteiger partial charge in [-0.15, -0.1) is 0 Å². The van der Waals surface area contributed by atoms with Crippen LogP contribution in [0.4, 0.5) is 0 Å². The molecular formula is C17H25N5O2. The van der Waals surface area contributed by atoms with E-state index in [9.17, 15) is 9.90 Å². The van der Waals surface area contributed by atoms with Gasteiger partial charge in [-0.25, -0.2) is 4.99 Å². The molecule has 130 valence electrons. The standard InChI is InChI=1S/C17H25N5O2/c1-4-14(17(24)21-9-8-18-10-13(3)12-21)11-19-15(5-2)22-16(23)6-7-20-22/h4-7,11,13,18,23H,8-10,12H2,1-3H3/b14-4+,15-5+,19-11-. The minimum atomic E-state index is -0.0306. The van der Waals surface area contributed by atoms with Crippen LogP contribution in [0.2, 0.25) is 0 Å². The van der Waals surface area contributed by atoms with Gasteiger partial charge in [-0.05, 0) is 32.4 Å². The topological polar surface area (TPSA) is 82.7 Å². The van der Waals surface area contributed by atoms with Crippen molar-refractivity contribution >= 4 is 17.9 Å². The number of aromatic hydroxyl groups is 1. The third-order valence-electron chi connectivity index (χ3n) is 3.86. The van der Waals surface area contributed by atoms with Gasteiger partial charge < -0.3 is 15.3 Å². The van der Waals surface area contributed by atoms with Crippen LogP contribution in [-0.4, -0.2) is 58.1 Å². The summed E-state index contributed by atoms with van der Waals surface area (Å²) in [7, 11) is 0. The number of nitrogens with zero attached hydrogens (tertiary/aromatic N) is 4. The molecule has 0 radical (unpaired) electrons. The zero-order chi connectivity index (χ0) is 17.5. The summed E-state index contributed by atoms with van der Waals surface area (Å²) < 4.78 is 1.31. The van der Waals surface area contributed by atoms with Crippen molar-refractivity contribution in [2.75, 3.05) is 26.2 Å². The highest BCUT2D eigenvalue weighted by molar-refractivity contribution is 6.12. The van der Waals surface area contributed by atoms with E-state index in [-0.39, 0.29) is 11.8 Å². The van der Waals surface area contributed by atoms with Gasteiger partial charge in [0.05, 0.1) is 11.8 Å². The Balaban J connectivity index is 2.13. The molecule has 7 heteroatoms. The molecule has 24 heavy (non-hydrogen) atoms. The average molecular weight is 331 g/mol. The number of nitrogens with one attached hydrogen (secondary N) is 1. The van der Waals surface area contributed by atoms with Crippen molar-refractivity contribution in [1.29, 1.82) is 0 Å². The first kappa shape index (κ1) is 17.9. The fourth-order valence-electron chi connectivity index (χ4n) is 2.57. The summed E-state index contributed by atoms with van der Waals surface area (Å²) >= 11 is 0. The molecular weight excluding hydrogens is 306 g/mol. The summed E-state index contributed by atoms with van der Waals surface area (Å²) in [6.45, 7) is 8.88. The largest absolute Gasteiger partial charge is 0.493 e. The zero-order valence-corrected chi connectivity index (χ0v) is 14.4. The maximum atomic E-state index is 12.7. The van der Waals surface area contributed by atoms with E-state index in [2.05, 4.69) is 22.3 Å². The molecule has 1 aromatic rings. The smallest absolute Gasteiger partial charge is 0.255 e. The summed E-state index contributed by atoms with van der Waals surface area (Å²) in [5, 5.41) is 17.1. The summed E-state index contributed by atoms with van der Waals surface area (Å²) in [5.41, 5.74) is 0.523. The first-order valence-corrected chi connectivity index (χ1v) is 8.16. The van der Waals surface area contributed by atoms with Gasteiger partial charge >= 0.3 is 0 Å². The lowest BCUT2D eigenvalue weighted by atomic mass is 10.1. The van der Waals surface area contributed by atoms with Crippen LogP contribution < -0.4 is 5.32 Å². The van der Waals surface area contributed by atoms with Gasteiger partial charge in [-0.3, -0.25) is 4.79 Å². The second-order valence-electron chi connectivity index (χ2n) is 5.81. The van der Waals surface area contributed by atoms with Gasteiger partial charge in [-0.2, -0.15) is 9.78 Å². The summed E-state index contributed by atoms with van der Waals surface area (Å²) in [6, 6.07) is 1.48. The van der Waals surface area contributed by atoms with Crippen molar-refractivity contribution in [2.24, 2.45) is 10.9 Å². The molecule has 1 aliphatic heterocycles. The fraction of sp³-hybridized carbons (Fsp3) is 0.471. The van der Waals surface area contributed by atoms with Gasteiger partial charge in [0, 0.05) is 31.9 Å². The predicted octanol–water partition coefficient (Wildman–Crippen LogP) is 1.49. The number of hydrogen-bond acceptors (Lipinski definition) is 5. The molecule has 2 heterocycles. The maximum Gasteiger partial charge on any atom is 0.255 e. The van der Waals surface area contributed by atoms with E-state index < -0.39 is 0 Å². The second-order valence-corrected chi connectivity index (χ2v) is 5.81. The van der Waals surface area contributed by atoms with Gasteiger partial charge in [0.25, 0.3) is 5.91 Å². The normalized spacial score (nSPS) is 20.5. The molecule has 1 atom stereocenters. The van der Waals surface area contributed by atoms with Crippen molar-refractivity contribution in [3.05, 3.63) is 30.0 Å². The zero-order valence-electron chi connectivity index (χ0n) is 14.4. The van der Waals surface area contributed by atoms with E-state index >= 15 is 0 Å². The van der Waals surface area contributed by atoms with Crippen LogP contribution in [-0.2, 0) is 4.79 Å². The van der Waals surface area contributed by atoms with E-state index in [0.717, 1.165) is 19.6 Å². The minimum absolute atomic E-state index is 0.000946. The first-order valence-electron chi connectivity index (χ1n) is 8.16. The van der Waals surface area contributed by atoms with E-state index in [0.29, 0.717) is 23.9 Å². The molecule has 0 bridgehead atoms. The lowest BCUT2D eigenvalue weighted by Gasteiger charge is -2.22. The molecule has 0 spiro atoms. The van der Waals surface area contributed by atoms with Crippen LogP contribution >= 0.6 is 0 Å². The van der Waals surface area contributed by atoms with Crippen molar-refractivity contribution < 1.29 is 9.90 Å². The van der Waals surface area contributed by atoms with E-state index in [1.807, 2.05) is 11.8 Å². The SMILES string of the molecule is C\C=C(/C=N\C(=C/C)n1nccc1O)C(=O)N1CCNCC(C)C1. The molecule has 2 N–H and O–H groups in total. The Labute approximate surface area is 142 Å². The summed E-state index contributed by atoms with van der Waals surface area (Å²) in [4.78, 5) is 18.9. The fourth-order valence-corrected chi connectivity index (χ4v) is 2.57. The van der Waals surface area contributed by atoms with Gasteiger partial charge in [0.2, 0.25) is 5.88 Å². The van der Waals surface area contributed by atoms with Crippen molar-refractivity contribution in [3.63, 3.8) is 0 Å². The summed E-state index contributed by atoms with van der Waals surface area (Å²) in [5.74, 6) is 0.840. The Hall–Kier alpha value is -2.41. The number of rotatable bonds is 4. The third-order valence-corrected chi connectivity index (χ3v) is 3.86. The molecule has 1 fully saturated rings. The van der Waals surface area contributed by atoms with Gasteiger partial charge in [0.1, 0.15) is 0 Å². The highest BCUT2D eigenvalue weighted by Crippen LogP contribution is 2.15. The number of aliphatic imine (C=N–C) groups is 1. The van der Waals surface area contributed by atoms with Crippen LogP contribution in [0.1, 0.15) is 20.8 Å². The van der Waals surface area contributed by atoms with Gasteiger partial charge in [-0.1, -0.05) is 13.0 Å². The molecule has 1 saturated heterocycles. The number of aromatic nitrogens is 2. The number of carbonyl (C=O) groups is 1. The van der Waals surface area contributed by atoms with Crippen LogP contribution in [0.5, 0.6) is 5.88 Å². The molecule has 1 aromatic heterocycles. The Kier molecular flexibility index (Phi) is 6.31. The third kappa shape index (κ3) is 4.32. The number of carbonyl (C=O) groups excluding carboxylic acids is 1. The Morgan fingerprint density at radius 2 is 2.25 bits per heavy atom. The van der Waals surface area contributed by atoms with Crippen molar-refractivity contribution in [3.8, 4) is 5.88 Å². The Morgan fingerprint density at radius 1 is 1.46 bits per heavy atom. The number of amides is 1. The number of allylic oxidation sites excluding steroid dienone is 2.